The number of aromatic nitrogens is 1. The van der Waals surface area contributed by atoms with Crippen LogP contribution in [0.15, 0.2) is 72.6 Å². The van der Waals surface area contributed by atoms with E-state index >= 15 is 0 Å². The average Bonchev–Trinajstić information content (AvgIpc) is 3.35. The number of benzene rings is 2. The van der Waals surface area contributed by atoms with Crippen molar-refractivity contribution in [1.82, 2.24) is 9.88 Å². The summed E-state index contributed by atoms with van der Waals surface area (Å²) in [6, 6.07) is 15.5. The lowest BCUT2D eigenvalue weighted by molar-refractivity contribution is -0.140. The standard InChI is InChI=1S/C28H26N2O5/c1-3-34-22-6-4-5-19(15-22)25-24(26(31)20-7-8-23-21(14-20)13-17(2)35-23)27(32)28(33)30(25)16-18-9-11-29-12-10-18/h4-12,14-15,17,25,31H,3,13,16H2,1-2H3/b26-24+/t17-,25-/m0/s1. The van der Waals surface area contributed by atoms with Gasteiger partial charge >= 0.3 is 0 Å². The minimum Gasteiger partial charge on any atom is -0.507 e. The van der Waals surface area contributed by atoms with Gasteiger partial charge in [-0.2, -0.15) is 0 Å². The van der Waals surface area contributed by atoms with Crippen LogP contribution in [0.3, 0.4) is 0 Å². The van der Waals surface area contributed by atoms with Gasteiger partial charge in [-0.1, -0.05) is 12.1 Å². The summed E-state index contributed by atoms with van der Waals surface area (Å²) in [6.07, 6.45) is 4.05. The van der Waals surface area contributed by atoms with Crippen molar-refractivity contribution in [2.24, 2.45) is 0 Å². The first-order valence-corrected chi connectivity index (χ1v) is 11.7. The van der Waals surface area contributed by atoms with Crippen LogP contribution in [0.25, 0.3) is 5.76 Å². The maximum absolute atomic E-state index is 13.3. The van der Waals surface area contributed by atoms with Gasteiger partial charge in [-0.15, -0.1) is 0 Å². The lowest BCUT2D eigenvalue weighted by Gasteiger charge is -2.25. The number of aliphatic hydroxyl groups excluding tert-OH is 1. The predicted octanol–water partition coefficient (Wildman–Crippen LogP) is 4.43. The Labute approximate surface area is 203 Å². The molecule has 0 aliphatic carbocycles. The van der Waals surface area contributed by atoms with E-state index in [1.54, 1.807) is 36.7 Å². The first kappa shape index (κ1) is 22.7. The number of hydrogen-bond donors (Lipinski definition) is 1. The molecule has 0 bridgehead atoms. The van der Waals surface area contributed by atoms with Gasteiger partial charge < -0.3 is 19.5 Å². The second-order valence-corrected chi connectivity index (χ2v) is 8.74. The summed E-state index contributed by atoms with van der Waals surface area (Å²) >= 11 is 0. The molecule has 5 rings (SSSR count). The molecule has 7 nitrogen and oxygen atoms in total. The number of Topliss-reactive ketones (excluding diaryl/α,β-unsaturated/α-hetero) is 1. The third-order valence-corrected chi connectivity index (χ3v) is 6.30. The molecule has 1 saturated heterocycles. The smallest absolute Gasteiger partial charge is 0.295 e. The van der Waals surface area contributed by atoms with E-state index in [0.717, 1.165) is 16.9 Å². The van der Waals surface area contributed by atoms with Gasteiger partial charge in [-0.05, 0) is 73.0 Å². The van der Waals surface area contributed by atoms with E-state index in [9.17, 15) is 14.7 Å². The van der Waals surface area contributed by atoms with Crippen LogP contribution in [-0.2, 0) is 22.6 Å². The van der Waals surface area contributed by atoms with Crippen molar-refractivity contribution in [2.45, 2.75) is 39.0 Å². The maximum atomic E-state index is 13.3. The molecule has 1 amide bonds. The van der Waals surface area contributed by atoms with Crippen LogP contribution >= 0.6 is 0 Å². The molecule has 3 heterocycles. The van der Waals surface area contributed by atoms with E-state index in [0.29, 0.717) is 29.9 Å². The Morgan fingerprint density at radius 3 is 2.71 bits per heavy atom. The van der Waals surface area contributed by atoms with Gasteiger partial charge in [0.05, 0.1) is 18.2 Å². The Balaban J connectivity index is 1.63. The molecule has 1 N–H and O–H groups in total. The molecule has 178 valence electrons. The molecule has 0 radical (unpaired) electrons. The predicted molar refractivity (Wildman–Crippen MR) is 130 cm³/mol. The number of aliphatic hydroxyl groups is 1. The largest absolute Gasteiger partial charge is 0.507 e. The number of likely N-dealkylation sites (tertiary alicyclic amines) is 1. The summed E-state index contributed by atoms with van der Waals surface area (Å²) in [4.78, 5) is 32.1. The molecule has 2 atom stereocenters. The zero-order chi connectivity index (χ0) is 24.5. The highest BCUT2D eigenvalue weighted by atomic mass is 16.5. The van der Waals surface area contributed by atoms with Gasteiger partial charge in [0.2, 0.25) is 0 Å². The first-order valence-electron chi connectivity index (χ1n) is 11.7. The van der Waals surface area contributed by atoms with E-state index < -0.39 is 17.7 Å². The fourth-order valence-corrected chi connectivity index (χ4v) is 4.74. The lowest BCUT2D eigenvalue weighted by Crippen LogP contribution is -2.29. The number of pyridine rings is 1. The molecule has 1 aromatic heterocycles. The fraction of sp³-hybridized carbons (Fsp3) is 0.250. The quantitative estimate of drug-likeness (QED) is 0.326. The van der Waals surface area contributed by atoms with Gasteiger partial charge in [0.15, 0.2) is 0 Å². The van der Waals surface area contributed by atoms with Gasteiger partial charge in [0, 0.05) is 30.9 Å². The summed E-state index contributed by atoms with van der Waals surface area (Å²) in [6.45, 7) is 4.55. The van der Waals surface area contributed by atoms with Crippen molar-refractivity contribution in [2.75, 3.05) is 6.61 Å². The van der Waals surface area contributed by atoms with E-state index in [1.807, 2.05) is 44.2 Å². The summed E-state index contributed by atoms with van der Waals surface area (Å²) in [7, 11) is 0. The highest BCUT2D eigenvalue weighted by Gasteiger charge is 2.46. The van der Waals surface area contributed by atoms with Crippen LogP contribution in [0.5, 0.6) is 11.5 Å². The summed E-state index contributed by atoms with van der Waals surface area (Å²) in [5, 5.41) is 11.4. The SMILES string of the molecule is CCOc1cccc([C@H]2/C(=C(\O)c3ccc4c(c3)C[C@H](C)O4)C(=O)C(=O)N2Cc2ccncc2)c1. The minimum atomic E-state index is -0.771. The summed E-state index contributed by atoms with van der Waals surface area (Å²) in [5.74, 6) is -0.173. The molecule has 2 aliphatic heterocycles. The average molecular weight is 471 g/mol. The van der Waals surface area contributed by atoms with Crippen LogP contribution in [0, 0.1) is 0 Å². The molecule has 0 saturated carbocycles. The number of carbonyl (C=O) groups is 2. The number of nitrogens with zero attached hydrogens (tertiary/aromatic N) is 2. The van der Waals surface area contributed by atoms with Gasteiger partial charge in [0.1, 0.15) is 23.4 Å². The number of fused-ring (bicyclic) bond motifs is 1. The molecule has 3 aromatic rings. The molecule has 1 fully saturated rings. The number of ketones is 1. The third kappa shape index (κ3) is 4.25. The van der Waals surface area contributed by atoms with Crippen molar-refractivity contribution in [1.29, 1.82) is 0 Å². The monoisotopic (exact) mass is 470 g/mol. The normalized spacial score (nSPS) is 20.6. The summed E-state index contributed by atoms with van der Waals surface area (Å²) < 4.78 is 11.4. The van der Waals surface area contributed by atoms with Gasteiger partial charge in [-0.25, -0.2) is 0 Å². The number of carbonyl (C=O) groups excluding carboxylic acids is 2. The molecule has 35 heavy (non-hydrogen) atoms. The van der Waals surface area contributed by atoms with E-state index in [-0.39, 0.29) is 24.0 Å². The molecule has 0 spiro atoms. The van der Waals surface area contributed by atoms with E-state index in [2.05, 4.69) is 4.98 Å². The Hall–Kier alpha value is -4.13. The lowest BCUT2D eigenvalue weighted by atomic mass is 9.94. The van der Waals surface area contributed by atoms with Crippen LogP contribution in [0.2, 0.25) is 0 Å². The van der Waals surface area contributed by atoms with Crippen molar-refractivity contribution in [3.63, 3.8) is 0 Å². The second-order valence-electron chi connectivity index (χ2n) is 8.74. The van der Waals surface area contributed by atoms with Gasteiger partial charge in [0.25, 0.3) is 11.7 Å². The Morgan fingerprint density at radius 1 is 1.14 bits per heavy atom. The second kappa shape index (κ2) is 9.25. The number of hydrogen-bond acceptors (Lipinski definition) is 6. The molecule has 0 unspecified atom stereocenters. The van der Waals surface area contributed by atoms with Crippen molar-refractivity contribution >= 4 is 17.4 Å². The molecule has 2 aliphatic rings. The Morgan fingerprint density at radius 2 is 1.94 bits per heavy atom. The molecular weight excluding hydrogens is 444 g/mol. The number of rotatable bonds is 6. The van der Waals surface area contributed by atoms with Crippen molar-refractivity contribution < 1.29 is 24.2 Å². The Kier molecular flexibility index (Phi) is 5.99. The zero-order valence-corrected chi connectivity index (χ0v) is 19.6. The first-order chi connectivity index (χ1) is 17.0. The number of ether oxygens (including phenoxy) is 2. The topological polar surface area (TPSA) is 89.0 Å². The third-order valence-electron chi connectivity index (χ3n) is 6.30. The highest BCUT2D eigenvalue weighted by molar-refractivity contribution is 6.46. The fourth-order valence-electron chi connectivity index (χ4n) is 4.74. The van der Waals surface area contributed by atoms with Crippen molar-refractivity contribution in [3.05, 3.63) is 94.8 Å². The van der Waals surface area contributed by atoms with Crippen LogP contribution in [-0.4, -0.2) is 39.4 Å². The zero-order valence-electron chi connectivity index (χ0n) is 19.6. The maximum Gasteiger partial charge on any atom is 0.295 e. The highest BCUT2D eigenvalue weighted by Crippen LogP contribution is 2.42. The number of amides is 1. The molecule has 7 heteroatoms. The van der Waals surface area contributed by atoms with E-state index in [4.69, 9.17) is 9.47 Å². The van der Waals surface area contributed by atoms with Crippen LogP contribution in [0.4, 0.5) is 0 Å². The van der Waals surface area contributed by atoms with Crippen LogP contribution < -0.4 is 9.47 Å². The Bertz CT molecular complexity index is 1320. The van der Waals surface area contributed by atoms with Crippen LogP contribution in [0.1, 0.15) is 42.1 Å². The summed E-state index contributed by atoms with van der Waals surface area (Å²) in [5.41, 5.74) is 3.02. The molecule has 2 aromatic carbocycles. The van der Waals surface area contributed by atoms with Gasteiger partial charge in [-0.3, -0.25) is 14.6 Å². The van der Waals surface area contributed by atoms with Crippen molar-refractivity contribution in [3.8, 4) is 11.5 Å². The minimum absolute atomic E-state index is 0.0506. The molecular formula is C28H26N2O5. The van der Waals surface area contributed by atoms with E-state index in [1.165, 1.54) is 4.90 Å².